The summed E-state index contributed by atoms with van der Waals surface area (Å²) in [6.07, 6.45) is 1.21. The van der Waals surface area contributed by atoms with Gasteiger partial charge >= 0.3 is 5.97 Å². The summed E-state index contributed by atoms with van der Waals surface area (Å²) in [5.41, 5.74) is 1.40. The lowest BCUT2D eigenvalue weighted by molar-refractivity contribution is -0.155. The molecule has 0 radical (unpaired) electrons. The lowest BCUT2D eigenvalue weighted by Crippen LogP contribution is -2.29. The van der Waals surface area contributed by atoms with Crippen molar-refractivity contribution in [1.29, 1.82) is 0 Å². The fourth-order valence-electron chi connectivity index (χ4n) is 2.64. The average Bonchev–Trinajstić information content (AvgIpc) is 2.69. The van der Waals surface area contributed by atoms with Crippen LogP contribution in [0.25, 0.3) is 22.1 Å². The fourth-order valence-corrected chi connectivity index (χ4v) is 2.77. The Labute approximate surface area is 167 Å². The third kappa shape index (κ3) is 4.37. The van der Waals surface area contributed by atoms with Crippen LogP contribution in [0.3, 0.4) is 0 Å². The molecule has 0 unspecified atom stereocenters. The third-order valence-corrected chi connectivity index (χ3v) is 4.69. The Morgan fingerprint density at radius 1 is 1.14 bits per heavy atom. The highest BCUT2D eigenvalue weighted by Crippen LogP contribution is 2.24. The summed E-state index contributed by atoms with van der Waals surface area (Å²) in [5, 5.41) is 1.02. The lowest BCUT2D eigenvalue weighted by Gasteiger charge is -2.17. The molecule has 0 bridgehead atoms. The summed E-state index contributed by atoms with van der Waals surface area (Å²) in [7, 11) is 0. The Balaban J connectivity index is 1.85. The van der Waals surface area contributed by atoms with Gasteiger partial charge in [-0.2, -0.15) is 0 Å². The molecule has 0 aliphatic rings. The molecule has 0 aliphatic heterocycles. The molecule has 0 saturated carbocycles. The van der Waals surface area contributed by atoms with Gasteiger partial charge < -0.3 is 13.9 Å². The second-order valence-electron chi connectivity index (χ2n) is 6.56. The van der Waals surface area contributed by atoms with Crippen molar-refractivity contribution in [2.24, 2.45) is 0 Å². The van der Waals surface area contributed by atoms with Crippen molar-refractivity contribution in [1.82, 2.24) is 0 Å². The summed E-state index contributed by atoms with van der Waals surface area (Å²) < 4.78 is 16.6. The largest absolute Gasteiger partial charge is 0.479 e. The van der Waals surface area contributed by atoms with Crippen LogP contribution in [0.2, 0.25) is 5.02 Å². The molecule has 146 valence electrons. The number of benzene rings is 2. The first-order chi connectivity index (χ1) is 13.4. The van der Waals surface area contributed by atoms with Gasteiger partial charge in [0.05, 0.1) is 17.1 Å². The first-order valence-electron chi connectivity index (χ1n) is 9.07. The van der Waals surface area contributed by atoms with E-state index in [1.807, 2.05) is 13.8 Å². The molecule has 1 heterocycles. The van der Waals surface area contributed by atoms with Gasteiger partial charge in [0.25, 0.3) is 0 Å². The molecule has 0 saturated heterocycles. The van der Waals surface area contributed by atoms with Crippen molar-refractivity contribution in [2.45, 2.75) is 39.4 Å². The van der Waals surface area contributed by atoms with Crippen molar-refractivity contribution >= 4 is 28.5 Å². The number of fused-ring (bicyclic) bond motifs is 1. The second kappa shape index (κ2) is 8.48. The van der Waals surface area contributed by atoms with Crippen LogP contribution in [0, 0.1) is 0 Å². The molecule has 1 aromatic heterocycles. The number of halogens is 1. The van der Waals surface area contributed by atoms with Gasteiger partial charge in [-0.25, -0.2) is 4.79 Å². The quantitative estimate of drug-likeness (QED) is 0.530. The van der Waals surface area contributed by atoms with Crippen LogP contribution in [-0.2, 0) is 9.53 Å². The Morgan fingerprint density at radius 3 is 2.54 bits per heavy atom. The van der Waals surface area contributed by atoms with E-state index in [1.165, 1.54) is 6.26 Å². The SMILES string of the molecule is CC[C@@H](C)OC(=O)[C@@H](C)Oc1ccc2c(=O)c(-c3ccc(Cl)cc3)coc2c1. The molecule has 5 nitrogen and oxygen atoms in total. The minimum atomic E-state index is -0.772. The highest BCUT2D eigenvalue weighted by molar-refractivity contribution is 6.30. The topological polar surface area (TPSA) is 65.7 Å². The molecule has 0 spiro atoms. The molecule has 2 atom stereocenters. The van der Waals surface area contributed by atoms with Crippen molar-refractivity contribution < 1.29 is 18.7 Å². The smallest absolute Gasteiger partial charge is 0.347 e. The van der Waals surface area contributed by atoms with Gasteiger partial charge in [0.15, 0.2) is 11.5 Å². The maximum absolute atomic E-state index is 12.8. The van der Waals surface area contributed by atoms with Gasteiger partial charge in [0.2, 0.25) is 0 Å². The van der Waals surface area contributed by atoms with Crippen LogP contribution < -0.4 is 10.2 Å². The number of rotatable bonds is 6. The molecule has 0 amide bonds. The minimum Gasteiger partial charge on any atom is -0.479 e. The molecule has 3 rings (SSSR count). The molecule has 0 fully saturated rings. The number of hydrogen-bond donors (Lipinski definition) is 0. The number of ether oxygens (including phenoxy) is 2. The molecular formula is C22H21ClO5. The van der Waals surface area contributed by atoms with Gasteiger partial charge in [0, 0.05) is 11.1 Å². The highest BCUT2D eigenvalue weighted by atomic mass is 35.5. The number of carbonyl (C=O) groups excluding carboxylic acids is 1. The van der Waals surface area contributed by atoms with Crippen LogP contribution in [0.5, 0.6) is 5.75 Å². The van der Waals surface area contributed by atoms with Crippen LogP contribution in [0.15, 0.2) is 57.9 Å². The molecule has 0 N–H and O–H groups in total. The third-order valence-electron chi connectivity index (χ3n) is 4.44. The van der Waals surface area contributed by atoms with E-state index in [9.17, 15) is 9.59 Å². The van der Waals surface area contributed by atoms with Crippen LogP contribution in [0.4, 0.5) is 0 Å². The van der Waals surface area contributed by atoms with Gasteiger partial charge in [-0.15, -0.1) is 0 Å². The monoisotopic (exact) mass is 400 g/mol. The number of esters is 1. The molecule has 2 aromatic carbocycles. The minimum absolute atomic E-state index is 0.153. The Bertz CT molecular complexity index is 1040. The van der Waals surface area contributed by atoms with Crippen LogP contribution in [-0.4, -0.2) is 18.2 Å². The van der Waals surface area contributed by atoms with Gasteiger partial charge in [-0.1, -0.05) is 30.7 Å². The van der Waals surface area contributed by atoms with Crippen LogP contribution >= 0.6 is 11.6 Å². The Morgan fingerprint density at radius 2 is 1.86 bits per heavy atom. The van der Waals surface area contributed by atoms with Gasteiger partial charge in [0.1, 0.15) is 17.6 Å². The van der Waals surface area contributed by atoms with Gasteiger partial charge in [-0.3, -0.25) is 4.79 Å². The second-order valence-corrected chi connectivity index (χ2v) is 7.00. The fraction of sp³-hybridized carbons (Fsp3) is 0.273. The number of hydrogen-bond acceptors (Lipinski definition) is 5. The van der Waals surface area contributed by atoms with Crippen LogP contribution in [0.1, 0.15) is 27.2 Å². The highest BCUT2D eigenvalue weighted by Gasteiger charge is 2.19. The van der Waals surface area contributed by atoms with E-state index in [1.54, 1.807) is 49.4 Å². The predicted molar refractivity (Wildman–Crippen MR) is 109 cm³/mol. The summed E-state index contributed by atoms with van der Waals surface area (Å²) in [6.45, 7) is 5.38. The van der Waals surface area contributed by atoms with Crippen molar-refractivity contribution in [3.05, 3.63) is 64.0 Å². The first kappa shape index (κ1) is 20.0. The summed E-state index contributed by atoms with van der Waals surface area (Å²) in [5.74, 6) is -0.0162. The molecule has 3 aromatic rings. The van der Waals surface area contributed by atoms with E-state index < -0.39 is 12.1 Å². The summed E-state index contributed by atoms with van der Waals surface area (Å²) in [4.78, 5) is 24.8. The maximum Gasteiger partial charge on any atom is 0.347 e. The first-order valence-corrected chi connectivity index (χ1v) is 9.45. The standard InChI is InChI=1S/C22H21ClO5/c1-4-13(2)27-22(25)14(3)28-17-9-10-18-20(11-17)26-12-19(21(18)24)15-5-7-16(23)8-6-15/h5-14H,4H2,1-3H3/t13-,14-/m1/s1. The Hall–Kier alpha value is -2.79. The van der Waals surface area contributed by atoms with Crippen molar-refractivity contribution in [2.75, 3.05) is 0 Å². The zero-order valence-corrected chi connectivity index (χ0v) is 16.7. The summed E-state index contributed by atoms with van der Waals surface area (Å²) >= 11 is 5.90. The lowest BCUT2D eigenvalue weighted by atomic mass is 10.1. The van der Waals surface area contributed by atoms with E-state index in [0.29, 0.717) is 27.3 Å². The zero-order valence-electron chi connectivity index (χ0n) is 15.9. The van der Waals surface area contributed by atoms with Gasteiger partial charge in [-0.05, 0) is 50.1 Å². The van der Waals surface area contributed by atoms with E-state index in [4.69, 9.17) is 25.5 Å². The van der Waals surface area contributed by atoms with E-state index in [2.05, 4.69) is 0 Å². The van der Waals surface area contributed by atoms with E-state index in [0.717, 1.165) is 12.0 Å². The van der Waals surface area contributed by atoms with Crippen molar-refractivity contribution in [3.8, 4) is 16.9 Å². The van der Waals surface area contributed by atoms with Crippen molar-refractivity contribution in [3.63, 3.8) is 0 Å². The zero-order chi connectivity index (χ0) is 20.3. The number of carbonyl (C=O) groups is 1. The molecule has 28 heavy (non-hydrogen) atoms. The molecule has 0 aliphatic carbocycles. The maximum atomic E-state index is 12.8. The predicted octanol–water partition coefficient (Wildman–Crippen LogP) is 5.22. The molecule has 6 heteroatoms. The Kier molecular flexibility index (Phi) is 6.05. The average molecular weight is 401 g/mol. The normalized spacial score (nSPS) is 13.1. The van der Waals surface area contributed by atoms with E-state index >= 15 is 0 Å². The summed E-state index contributed by atoms with van der Waals surface area (Å²) in [6, 6.07) is 11.8. The molecular weight excluding hydrogens is 380 g/mol. The van der Waals surface area contributed by atoms with E-state index in [-0.39, 0.29) is 11.5 Å².